The third kappa shape index (κ3) is 10.1. The molecule has 2 fully saturated rings. The van der Waals surface area contributed by atoms with Crippen LogP contribution in [-0.4, -0.2) is 112 Å². The van der Waals surface area contributed by atoms with E-state index in [4.69, 9.17) is 9.47 Å². The lowest BCUT2D eigenvalue weighted by atomic mass is 9.91. The number of sulfonamides is 1. The first-order valence-electron chi connectivity index (χ1n) is 15.1. The van der Waals surface area contributed by atoms with Crippen molar-refractivity contribution in [2.24, 2.45) is 5.92 Å². The molecule has 1 aromatic carbocycles. The second-order valence-electron chi connectivity index (χ2n) is 11.5. The molecule has 246 valence electrons. The zero-order valence-electron chi connectivity index (χ0n) is 24.6. The molecule has 2 saturated heterocycles. The molecule has 0 radical (unpaired) electrons. The van der Waals surface area contributed by atoms with Gasteiger partial charge in [-0.25, -0.2) is 8.42 Å². The number of carbonyl (C=O) groups excluding carboxylic acids is 3. The predicted molar refractivity (Wildman–Crippen MR) is 154 cm³/mol. The molecule has 11 nitrogen and oxygen atoms in total. The molecule has 0 unspecified atom stereocenters. The maximum atomic E-state index is 14.0. The van der Waals surface area contributed by atoms with Gasteiger partial charge in [-0.05, 0) is 62.8 Å². The highest BCUT2D eigenvalue weighted by Crippen LogP contribution is 2.26. The first-order valence-corrected chi connectivity index (χ1v) is 16.7. The van der Waals surface area contributed by atoms with Crippen molar-refractivity contribution in [2.45, 2.75) is 63.2 Å². The van der Waals surface area contributed by atoms with Crippen molar-refractivity contribution >= 4 is 27.6 Å². The Balaban J connectivity index is 1.62. The van der Waals surface area contributed by atoms with Crippen molar-refractivity contribution in [3.63, 3.8) is 0 Å². The molecule has 0 spiro atoms. The Bertz CT molecular complexity index is 1260. The number of hydrogen-bond donors (Lipinski definition) is 2. The summed E-state index contributed by atoms with van der Waals surface area (Å²) >= 11 is 0. The van der Waals surface area contributed by atoms with Gasteiger partial charge in [-0.2, -0.15) is 17.5 Å². The Morgan fingerprint density at radius 2 is 1.82 bits per heavy atom. The molecule has 0 aliphatic carbocycles. The van der Waals surface area contributed by atoms with E-state index in [1.54, 1.807) is 24.3 Å². The van der Waals surface area contributed by atoms with Crippen LogP contribution in [0.1, 0.15) is 44.1 Å². The molecule has 0 saturated carbocycles. The van der Waals surface area contributed by atoms with Crippen molar-refractivity contribution in [3.05, 3.63) is 29.8 Å². The van der Waals surface area contributed by atoms with Gasteiger partial charge >= 0.3 is 6.18 Å². The Hall–Kier alpha value is -2.75. The van der Waals surface area contributed by atoms with E-state index < -0.39 is 58.3 Å². The minimum absolute atomic E-state index is 0.0671. The van der Waals surface area contributed by atoms with Gasteiger partial charge in [-0.3, -0.25) is 19.3 Å². The molecule has 1 aromatic rings. The summed E-state index contributed by atoms with van der Waals surface area (Å²) in [7, 11) is -3.69. The van der Waals surface area contributed by atoms with E-state index in [9.17, 15) is 36.0 Å². The number of benzene rings is 1. The summed E-state index contributed by atoms with van der Waals surface area (Å²) in [6.07, 6.45) is -3.29. The van der Waals surface area contributed by atoms with Crippen LogP contribution in [0, 0.1) is 5.92 Å². The molecule has 44 heavy (non-hydrogen) atoms. The van der Waals surface area contributed by atoms with E-state index in [2.05, 4.69) is 10.2 Å². The zero-order valence-corrected chi connectivity index (χ0v) is 25.5. The summed E-state index contributed by atoms with van der Waals surface area (Å²) in [6, 6.07) is 4.75. The minimum Gasteiger partial charge on any atom is -0.494 e. The summed E-state index contributed by atoms with van der Waals surface area (Å²) in [5.41, 5.74) is 0.714. The number of nitrogens with zero attached hydrogens (tertiary/aromatic N) is 2. The Morgan fingerprint density at radius 1 is 1.05 bits per heavy atom. The lowest BCUT2D eigenvalue weighted by molar-refractivity contribution is -0.141. The number of Topliss-reactive ketones (excluding diaryl/α,β-unsaturated/α-hetero) is 1. The van der Waals surface area contributed by atoms with Crippen LogP contribution >= 0.6 is 0 Å². The van der Waals surface area contributed by atoms with Gasteiger partial charge in [-0.15, -0.1) is 0 Å². The first-order chi connectivity index (χ1) is 20.9. The summed E-state index contributed by atoms with van der Waals surface area (Å²) in [6.45, 7) is 1.66. The molecule has 3 aliphatic heterocycles. The van der Waals surface area contributed by atoms with Crippen molar-refractivity contribution in [1.29, 1.82) is 0 Å². The number of morpholine rings is 1. The Kier molecular flexibility index (Phi) is 12.0. The Morgan fingerprint density at radius 3 is 2.52 bits per heavy atom. The standard InChI is InChI=1S/C29H41F3N4O7S/c30-29(31,32)20-33-28(39)24-7-1-2-13-43-23-6-3-5-21(17-23)18-25(36-9-4-16-44(36,40)41)26(37)19-22(27(38)34-24)8-10-35-11-14-42-15-12-35/h3,5-6,17,22,24-25H,1-2,4,7-16,18-20H2,(H,33,39)(H,34,38)/t22-,24+,25+/m1/s1. The quantitative estimate of drug-likeness (QED) is 0.477. The number of fused-ring (bicyclic) bond motifs is 2. The van der Waals surface area contributed by atoms with Crippen LogP contribution in [0.2, 0.25) is 0 Å². The van der Waals surface area contributed by atoms with Crippen LogP contribution in [0.3, 0.4) is 0 Å². The second kappa shape index (κ2) is 15.5. The highest BCUT2D eigenvalue weighted by atomic mass is 32.2. The maximum Gasteiger partial charge on any atom is 0.405 e. The molecule has 0 aromatic heterocycles. The molecule has 15 heteroatoms. The third-order valence-corrected chi connectivity index (χ3v) is 10.1. The lowest BCUT2D eigenvalue weighted by Crippen LogP contribution is -2.51. The zero-order chi connectivity index (χ0) is 31.7. The molecule has 2 N–H and O–H groups in total. The monoisotopic (exact) mass is 646 g/mol. The van der Waals surface area contributed by atoms with E-state index in [0.29, 0.717) is 63.4 Å². The van der Waals surface area contributed by atoms with E-state index in [0.717, 1.165) is 0 Å². The maximum absolute atomic E-state index is 14.0. The molecule has 3 heterocycles. The van der Waals surface area contributed by atoms with Gasteiger partial charge in [0.1, 0.15) is 18.3 Å². The number of hydrogen-bond acceptors (Lipinski definition) is 8. The van der Waals surface area contributed by atoms with Crippen molar-refractivity contribution in [3.8, 4) is 5.75 Å². The van der Waals surface area contributed by atoms with E-state index in [1.807, 2.05) is 5.32 Å². The van der Waals surface area contributed by atoms with E-state index in [1.165, 1.54) is 4.31 Å². The van der Waals surface area contributed by atoms with Crippen LogP contribution in [0.15, 0.2) is 24.3 Å². The Labute approximate surface area is 255 Å². The summed E-state index contributed by atoms with van der Waals surface area (Å²) in [5.74, 6) is -2.51. The molecule has 2 bridgehead atoms. The van der Waals surface area contributed by atoms with E-state index in [-0.39, 0.29) is 44.6 Å². The van der Waals surface area contributed by atoms with Crippen LogP contribution in [-0.2, 0) is 35.6 Å². The topological polar surface area (TPSA) is 134 Å². The summed E-state index contributed by atoms with van der Waals surface area (Å²) in [5, 5.41) is 4.47. The minimum atomic E-state index is -4.63. The predicted octanol–water partition coefficient (Wildman–Crippen LogP) is 1.66. The third-order valence-electron chi connectivity index (χ3n) is 8.15. The molecule has 4 rings (SSSR count). The molecular formula is C29H41F3N4O7S. The number of nitrogens with one attached hydrogen (secondary N) is 2. The smallest absolute Gasteiger partial charge is 0.405 e. The fourth-order valence-electron chi connectivity index (χ4n) is 5.75. The van der Waals surface area contributed by atoms with E-state index >= 15 is 0 Å². The molecular weight excluding hydrogens is 605 g/mol. The van der Waals surface area contributed by atoms with Gasteiger partial charge in [0.05, 0.1) is 31.6 Å². The number of ketones is 1. The largest absolute Gasteiger partial charge is 0.494 e. The number of halogens is 3. The highest BCUT2D eigenvalue weighted by Gasteiger charge is 2.40. The van der Waals surface area contributed by atoms with Gasteiger partial charge in [0, 0.05) is 32.0 Å². The average Bonchev–Trinajstić information content (AvgIpc) is 3.33. The van der Waals surface area contributed by atoms with Gasteiger partial charge in [-0.1, -0.05) is 12.1 Å². The number of alkyl halides is 3. The highest BCUT2D eigenvalue weighted by molar-refractivity contribution is 7.89. The van der Waals surface area contributed by atoms with Gasteiger partial charge in [0.2, 0.25) is 21.8 Å². The van der Waals surface area contributed by atoms with Crippen molar-refractivity contribution in [2.75, 3.05) is 58.3 Å². The van der Waals surface area contributed by atoms with Gasteiger partial charge in [0.15, 0.2) is 5.78 Å². The number of ether oxygens (including phenoxy) is 2. The summed E-state index contributed by atoms with van der Waals surface area (Å²) < 4.78 is 76.9. The fraction of sp³-hybridized carbons (Fsp3) is 0.690. The molecule has 3 atom stereocenters. The molecule has 2 amide bonds. The van der Waals surface area contributed by atoms with Crippen molar-refractivity contribution in [1.82, 2.24) is 19.8 Å². The fourth-order valence-corrected chi connectivity index (χ4v) is 7.46. The van der Waals surface area contributed by atoms with Crippen LogP contribution < -0.4 is 15.4 Å². The van der Waals surface area contributed by atoms with Gasteiger partial charge < -0.3 is 20.1 Å². The number of carbonyl (C=O) groups is 3. The second-order valence-corrected chi connectivity index (χ2v) is 13.5. The number of rotatable bonds is 6. The summed E-state index contributed by atoms with van der Waals surface area (Å²) in [4.78, 5) is 42.5. The van der Waals surface area contributed by atoms with Crippen LogP contribution in [0.4, 0.5) is 13.2 Å². The van der Waals surface area contributed by atoms with Crippen LogP contribution in [0.5, 0.6) is 5.75 Å². The van der Waals surface area contributed by atoms with Crippen molar-refractivity contribution < 1.29 is 45.4 Å². The lowest BCUT2D eigenvalue weighted by Gasteiger charge is -2.30. The normalized spacial score (nSPS) is 26.5. The van der Waals surface area contributed by atoms with Gasteiger partial charge in [0.25, 0.3) is 0 Å². The average molecular weight is 647 g/mol. The van der Waals surface area contributed by atoms with Crippen LogP contribution in [0.25, 0.3) is 0 Å². The first kappa shape index (κ1) is 34.1. The SMILES string of the molecule is O=C1N[C@H](C(=O)NCC(F)(F)F)CCCCOc2cccc(c2)C[C@H](N2CCCS2(=O)=O)C(=O)C[C@H]1CCN1CCOCC1. The molecule has 3 aliphatic rings. The number of amides is 2.